The molecule has 0 aromatic rings. The third-order valence-corrected chi connectivity index (χ3v) is 5.49. The highest BCUT2D eigenvalue weighted by molar-refractivity contribution is 5.86. The molecule has 0 heterocycles. The van der Waals surface area contributed by atoms with Crippen molar-refractivity contribution in [3.05, 3.63) is 0 Å². The minimum atomic E-state index is 0. The van der Waals surface area contributed by atoms with Crippen LogP contribution in [0.3, 0.4) is 0 Å². The molecule has 0 aliphatic carbocycles. The molecule has 0 bridgehead atoms. The van der Waals surface area contributed by atoms with Gasteiger partial charge >= 0.3 is 0 Å². The van der Waals surface area contributed by atoms with Crippen molar-refractivity contribution in [3.8, 4) is 0 Å². The second kappa shape index (κ2) is 24.9. The lowest BCUT2D eigenvalue weighted by atomic mass is 9.71. The molecule has 0 aromatic heterocycles. The predicted octanol–water partition coefficient (Wildman–Crippen LogP) is 9.95. The first-order valence-corrected chi connectivity index (χ1v) is 10.7. The van der Waals surface area contributed by atoms with Crippen molar-refractivity contribution in [1.29, 1.82) is 0 Å². The van der Waals surface area contributed by atoms with Gasteiger partial charge in [-0.3, -0.25) is 0 Å². The van der Waals surface area contributed by atoms with Crippen LogP contribution in [0.2, 0.25) is 0 Å². The molecule has 3 heteroatoms. The van der Waals surface area contributed by atoms with Crippen LogP contribution in [0.4, 0.5) is 0 Å². The normalized spacial score (nSPS) is 10.6. The molecule has 0 saturated heterocycles. The molecule has 0 aromatic carbocycles. The molecule has 0 spiro atoms. The Kier molecular flexibility index (Phi) is 33.3. The molecule has 0 amide bonds. The maximum atomic E-state index is 2.36. The zero-order valence-corrected chi connectivity index (χ0v) is 20.2. The van der Waals surface area contributed by atoms with E-state index in [4.69, 9.17) is 0 Å². The van der Waals surface area contributed by atoms with E-state index in [0.717, 1.165) is 0 Å². The highest BCUT2D eigenvalue weighted by Gasteiger charge is 2.27. The van der Waals surface area contributed by atoms with Crippen LogP contribution in [0.5, 0.6) is 0 Å². The van der Waals surface area contributed by atoms with E-state index in [-0.39, 0.29) is 37.2 Å². The van der Waals surface area contributed by atoms with Crippen molar-refractivity contribution in [2.75, 3.05) is 0 Å². The van der Waals surface area contributed by atoms with Crippen molar-refractivity contribution < 1.29 is 0 Å². The van der Waals surface area contributed by atoms with E-state index in [0.29, 0.717) is 5.41 Å². The van der Waals surface area contributed by atoms with E-state index in [1.54, 1.807) is 0 Å². The molecule has 0 aliphatic rings. The van der Waals surface area contributed by atoms with Crippen LogP contribution >= 0.6 is 37.2 Å². The van der Waals surface area contributed by atoms with E-state index in [9.17, 15) is 0 Å². The van der Waals surface area contributed by atoms with Gasteiger partial charge in [0.25, 0.3) is 0 Å². The highest BCUT2D eigenvalue weighted by Crippen LogP contribution is 2.41. The van der Waals surface area contributed by atoms with Crippen molar-refractivity contribution in [2.45, 2.75) is 137 Å². The monoisotopic (exact) mass is 418 g/mol. The summed E-state index contributed by atoms with van der Waals surface area (Å²) in [6, 6.07) is 0. The van der Waals surface area contributed by atoms with Crippen molar-refractivity contribution in [1.82, 2.24) is 0 Å². The average Bonchev–Trinajstić information content (AvgIpc) is 2.55. The van der Waals surface area contributed by atoms with Crippen molar-refractivity contribution in [3.63, 3.8) is 0 Å². The Morgan fingerprint density at radius 3 is 1.00 bits per heavy atom. The summed E-state index contributed by atoms with van der Waals surface area (Å²) in [5.41, 5.74) is 0.700. The Hall–Kier alpha value is 0.870. The van der Waals surface area contributed by atoms with Crippen molar-refractivity contribution >= 4 is 37.2 Å². The first kappa shape index (κ1) is 33.5. The van der Waals surface area contributed by atoms with Gasteiger partial charge in [0.1, 0.15) is 0 Å². The fourth-order valence-corrected chi connectivity index (χ4v) is 3.86. The molecule has 0 saturated carbocycles. The molecule has 158 valence electrons. The number of rotatable bonds is 17. The molecule has 0 fully saturated rings. The van der Waals surface area contributed by atoms with Gasteiger partial charge < -0.3 is 0 Å². The lowest BCUT2D eigenvalue weighted by molar-refractivity contribution is 0.175. The maximum Gasteiger partial charge on any atom is -0.0297 e. The SMILES string of the molecule is CCCCCCCCCC(CCCC)(CCCC)CCCC.Cl.Cl.Cl. The maximum absolute atomic E-state index is 2.36. The molecular weight excluding hydrogens is 371 g/mol. The molecule has 0 N–H and O–H groups in total. The standard InChI is InChI=1S/C22H46.3ClH/c1-5-9-13-14-15-16-17-21-22(18-10-6-2,19-11-7-3)20-12-8-4;;;/h5-21H2,1-4H3;3*1H. The average molecular weight is 420 g/mol. The molecule has 0 unspecified atom stereocenters. The van der Waals surface area contributed by atoms with Crippen LogP contribution in [0.25, 0.3) is 0 Å². The van der Waals surface area contributed by atoms with Gasteiger partial charge in [-0.05, 0) is 31.1 Å². The number of hydrogen-bond donors (Lipinski definition) is 0. The van der Waals surface area contributed by atoms with Gasteiger partial charge in [0.05, 0.1) is 0 Å². The van der Waals surface area contributed by atoms with E-state index in [1.807, 2.05) is 0 Å². The third-order valence-electron chi connectivity index (χ3n) is 5.49. The zero-order valence-electron chi connectivity index (χ0n) is 17.7. The number of hydrogen-bond acceptors (Lipinski definition) is 0. The summed E-state index contributed by atoms with van der Waals surface area (Å²) >= 11 is 0. The third kappa shape index (κ3) is 19.4. The summed E-state index contributed by atoms with van der Waals surface area (Å²) in [5.74, 6) is 0. The van der Waals surface area contributed by atoms with Crippen molar-refractivity contribution in [2.24, 2.45) is 5.41 Å². The minimum absolute atomic E-state index is 0. The highest BCUT2D eigenvalue weighted by atomic mass is 35.5. The van der Waals surface area contributed by atoms with Gasteiger partial charge in [0, 0.05) is 0 Å². The van der Waals surface area contributed by atoms with E-state index < -0.39 is 0 Å². The molecule has 0 atom stereocenters. The molecular formula is C22H49Cl3. The van der Waals surface area contributed by atoms with E-state index >= 15 is 0 Å². The largest absolute Gasteiger partial charge is 0.147 e. The number of halogens is 3. The summed E-state index contributed by atoms with van der Waals surface area (Å²) in [7, 11) is 0. The van der Waals surface area contributed by atoms with Crippen LogP contribution in [0.15, 0.2) is 0 Å². The minimum Gasteiger partial charge on any atom is -0.147 e. The zero-order chi connectivity index (χ0) is 16.5. The topological polar surface area (TPSA) is 0 Å². The van der Waals surface area contributed by atoms with Crippen LogP contribution < -0.4 is 0 Å². The Bertz CT molecular complexity index is 198. The fourth-order valence-electron chi connectivity index (χ4n) is 3.86. The van der Waals surface area contributed by atoms with E-state index in [2.05, 4.69) is 27.7 Å². The summed E-state index contributed by atoms with van der Waals surface area (Å²) < 4.78 is 0. The molecule has 0 rings (SSSR count). The first-order chi connectivity index (χ1) is 10.7. The Balaban J connectivity index is -0.000000735. The van der Waals surface area contributed by atoms with Crippen LogP contribution in [-0.4, -0.2) is 0 Å². The van der Waals surface area contributed by atoms with Gasteiger partial charge in [-0.25, -0.2) is 0 Å². The fraction of sp³-hybridized carbons (Fsp3) is 1.00. The Labute approximate surface area is 179 Å². The van der Waals surface area contributed by atoms with Gasteiger partial charge in [0.2, 0.25) is 0 Å². The first-order valence-electron chi connectivity index (χ1n) is 10.7. The second-order valence-electron chi connectivity index (χ2n) is 7.68. The predicted molar refractivity (Wildman–Crippen MR) is 125 cm³/mol. The molecule has 0 radical (unpaired) electrons. The summed E-state index contributed by atoms with van der Waals surface area (Å²) in [4.78, 5) is 0. The lowest BCUT2D eigenvalue weighted by Gasteiger charge is -2.35. The summed E-state index contributed by atoms with van der Waals surface area (Å²) in [5, 5.41) is 0. The van der Waals surface area contributed by atoms with Gasteiger partial charge in [-0.2, -0.15) is 0 Å². The number of unbranched alkanes of at least 4 members (excludes halogenated alkanes) is 9. The van der Waals surface area contributed by atoms with Gasteiger partial charge in [0.15, 0.2) is 0 Å². The Morgan fingerprint density at radius 1 is 0.360 bits per heavy atom. The summed E-state index contributed by atoms with van der Waals surface area (Å²) in [6.45, 7) is 9.39. The smallest absolute Gasteiger partial charge is 0.0297 e. The molecule has 25 heavy (non-hydrogen) atoms. The van der Waals surface area contributed by atoms with E-state index in [1.165, 1.54) is 109 Å². The van der Waals surface area contributed by atoms with Crippen LogP contribution in [0.1, 0.15) is 137 Å². The lowest BCUT2D eigenvalue weighted by Crippen LogP contribution is -2.21. The van der Waals surface area contributed by atoms with Crippen LogP contribution in [0, 0.1) is 5.41 Å². The van der Waals surface area contributed by atoms with Gasteiger partial charge in [-0.15, -0.1) is 37.2 Å². The Morgan fingerprint density at radius 2 is 0.640 bits per heavy atom. The quantitative estimate of drug-likeness (QED) is 0.206. The van der Waals surface area contributed by atoms with Crippen LogP contribution in [-0.2, 0) is 0 Å². The second-order valence-corrected chi connectivity index (χ2v) is 7.68. The summed E-state index contributed by atoms with van der Waals surface area (Å²) in [6.07, 6.45) is 24.7. The van der Waals surface area contributed by atoms with Gasteiger partial charge in [-0.1, -0.05) is 111 Å². The molecule has 0 aliphatic heterocycles. The molecule has 0 nitrogen and oxygen atoms in total.